The van der Waals surface area contributed by atoms with Crippen LogP contribution >= 0.6 is 23.1 Å². The summed E-state index contributed by atoms with van der Waals surface area (Å²) in [6, 6.07) is 3.79. The van der Waals surface area contributed by atoms with Gasteiger partial charge in [-0.15, -0.1) is 23.1 Å². The van der Waals surface area contributed by atoms with Gasteiger partial charge in [-0.25, -0.2) is 9.97 Å². The molecule has 3 aromatic rings. The summed E-state index contributed by atoms with van der Waals surface area (Å²) in [5, 5.41) is 2.03. The molecule has 0 spiro atoms. The molecular weight excluding hydrogens is 252 g/mol. The summed E-state index contributed by atoms with van der Waals surface area (Å²) in [7, 11) is 0. The van der Waals surface area contributed by atoms with Crippen LogP contribution in [0.2, 0.25) is 0 Å². The van der Waals surface area contributed by atoms with Crippen molar-refractivity contribution in [2.45, 2.75) is 10.6 Å². The molecule has 0 aliphatic heterocycles. The SMILES string of the molecule is Nc1ccc(SCc2cn3ccsc3n2)cn1. The maximum absolute atomic E-state index is 5.54. The van der Waals surface area contributed by atoms with Crippen LogP contribution in [-0.2, 0) is 5.75 Å². The molecule has 0 unspecified atom stereocenters. The van der Waals surface area contributed by atoms with Crippen LogP contribution in [0.3, 0.4) is 0 Å². The van der Waals surface area contributed by atoms with Crippen LogP contribution < -0.4 is 5.73 Å². The molecule has 0 aliphatic carbocycles. The number of nitrogens with zero attached hydrogens (tertiary/aromatic N) is 3. The zero-order valence-electron chi connectivity index (χ0n) is 8.91. The van der Waals surface area contributed by atoms with Crippen LogP contribution in [0.25, 0.3) is 4.96 Å². The van der Waals surface area contributed by atoms with Gasteiger partial charge in [-0.05, 0) is 12.1 Å². The number of thioether (sulfide) groups is 1. The summed E-state index contributed by atoms with van der Waals surface area (Å²) in [6.45, 7) is 0. The molecule has 3 aromatic heterocycles. The van der Waals surface area contributed by atoms with Crippen molar-refractivity contribution in [3.05, 3.63) is 41.8 Å². The van der Waals surface area contributed by atoms with E-state index >= 15 is 0 Å². The van der Waals surface area contributed by atoms with Crippen molar-refractivity contribution < 1.29 is 0 Å². The molecule has 4 nitrogen and oxygen atoms in total. The highest BCUT2D eigenvalue weighted by Gasteiger charge is 2.03. The fourth-order valence-corrected chi connectivity index (χ4v) is 2.94. The summed E-state index contributed by atoms with van der Waals surface area (Å²) < 4.78 is 2.04. The number of imidazole rings is 1. The van der Waals surface area contributed by atoms with Crippen molar-refractivity contribution in [3.8, 4) is 0 Å². The maximum Gasteiger partial charge on any atom is 0.193 e. The van der Waals surface area contributed by atoms with Gasteiger partial charge in [0.1, 0.15) is 5.82 Å². The van der Waals surface area contributed by atoms with E-state index in [-0.39, 0.29) is 0 Å². The van der Waals surface area contributed by atoms with Gasteiger partial charge in [0.05, 0.1) is 5.69 Å². The first kappa shape index (κ1) is 10.6. The van der Waals surface area contributed by atoms with Crippen LogP contribution in [0.1, 0.15) is 5.69 Å². The van der Waals surface area contributed by atoms with Crippen molar-refractivity contribution in [2.75, 3.05) is 5.73 Å². The Hall–Kier alpha value is -1.53. The first-order chi connectivity index (χ1) is 8.31. The normalized spacial score (nSPS) is 11.1. The summed E-state index contributed by atoms with van der Waals surface area (Å²) in [4.78, 5) is 10.7. The standard InChI is InChI=1S/C11H10N4S2/c12-10-2-1-9(5-13-10)17-7-8-6-15-3-4-16-11(15)14-8/h1-6H,7H2,(H2,12,13). The lowest BCUT2D eigenvalue weighted by atomic mass is 10.5. The summed E-state index contributed by atoms with van der Waals surface area (Å²) in [5.41, 5.74) is 6.62. The Balaban J connectivity index is 1.71. The van der Waals surface area contributed by atoms with E-state index in [0.29, 0.717) is 5.82 Å². The minimum absolute atomic E-state index is 0.553. The molecule has 2 N–H and O–H groups in total. The minimum Gasteiger partial charge on any atom is -0.384 e. The Labute approximate surface area is 107 Å². The quantitative estimate of drug-likeness (QED) is 0.737. The zero-order valence-corrected chi connectivity index (χ0v) is 10.5. The number of hydrogen-bond donors (Lipinski definition) is 1. The number of thiazole rings is 1. The van der Waals surface area contributed by atoms with E-state index in [1.807, 2.05) is 28.1 Å². The fraction of sp³-hybridized carbons (Fsp3) is 0.0909. The molecule has 0 aromatic carbocycles. The summed E-state index contributed by atoms with van der Waals surface area (Å²) in [5.74, 6) is 1.40. The van der Waals surface area contributed by atoms with Crippen molar-refractivity contribution in [2.24, 2.45) is 0 Å². The number of nitrogens with two attached hydrogens (primary N) is 1. The van der Waals surface area contributed by atoms with Crippen LogP contribution in [0.15, 0.2) is 41.0 Å². The highest BCUT2D eigenvalue weighted by molar-refractivity contribution is 7.98. The van der Waals surface area contributed by atoms with E-state index in [2.05, 4.69) is 16.2 Å². The van der Waals surface area contributed by atoms with Gasteiger partial charge in [0.2, 0.25) is 0 Å². The topological polar surface area (TPSA) is 56.2 Å². The van der Waals surface area contributed by atoms with Gasteiger partial charge in [0, 0.05) is 34.6 Å². The molecule has 0 atom stereocenters. The lowest BCUT2D eigenvalue weighted by molar-refractivity contribution is 1.21. The van der Waals surface area contributed by atoms with Crippen molar-refractivity contribution >= 4 is 33.9 Å². The molecule has 0 bridgehead atoms. The Bertz CT molecular complexity index is 598. The summed E-state index contributed by atoms with van der Waals surface area (Å²) >= 11 is 3.36. The first-order valence-electron chi connectivity index (χ1n) is 5.07. The third kappa shape index (κ3) is 2.27. The smallest absolute Gasteiger partial charge is 0.193 e. The molecule has 3 rings (SSSR count). The second kappa shape index (κ2) is 4.38. The molecule has 17 heavy (non-hydrogen) atoms. The molecule has 0 saturated heterocycles. The van der Waals surface area contributed by atoms with Gasteiger partial charge in [-0.2, -0.15) is 0 Å². The van der Waals surface area contributed by atoms with Crippen LogP contribution in [0, 0.1) is 0 Å². The third-order valence-electron chi connectivity index (χ3n) is 2.29. The second-order valence-corrected chi connectivity index (χ2v) is 5.45. The van der Waals surface area contributed by atoms with E-state index in [9.17, 15) is 0 Å². The highest BCUT2D eigenvalue weighted by Crippen LogP contribution is 2.23. The van der Waals surface area contributed by atoms with Crippen molar-refractivity contribution in [1.29, 1.82) is 0 Å². The van der Waals surface area contributed by atoms with E-state index in [1.165, 1.54) is 0 Å². The molecule has 0 fully saturated rings. The van der Waals surface area contributed by atoms with Gasteiger partial charge in [0.25, 0.3) is 0 Å². The van der Waals surface area contributed by atoms with E-state index in [4.69, 9.17) is 5.73 Å². The largest absolute Gasteiger partial charge is 0.384 e. The Kier molecular flexibility index (Phi) is 2.74. The predicted octanol–water partition coefficient (Wildman–Crippen LogP) is 2.67. The van der Waals surface area contributed by atoms with Gasteiger partial charge < -0.3 is 5.73 Å². The van der Waals surface area contributed by atoms with E-state index in [1.54, 1.807) is 29.3 Å². The lowest BCUT2D eigenvalue weighted by Crippen LogP contribution is -1.88. The Morgan fingerprint density at radius 2 is 2.35 bits per heavy atom. The monoisotopic (exact) mass is 262 g/mol. The van der Waals surface area contributed by atoms with Crippen LogP contribution in [0.5, 0.6) is 0 Å². The number of rotatable bonds is 3. The Morgan fingerprint density at radius 3 is 3.12 bits per heavy atom. The maximum atomic E-state index is 5.54. The lowest BCUT2D eigenvalue weighted by Gasteiger charge is -1.98. The molecule has 6 heteroatoms. The van der Waals surface area contributed by atoms with Crippen LogP contribution in [0.4, 0.5) is 5.82 Å². The average molecular weight is 262 g/mol. The molecule has 3 heterocycles. The van der Waals surface area contributed by atoms with Gasteiger partial charge in [-0.3, -0.25) is 4.40 Å². The van der Waals surface area contributed by atoms with Crippen molar-refractivity contribution in [3.63, 3.8) is 0 Å². The average Bonchev–Trinajstić information content (AvgIpc) is 2.88. The molecule has 0 aliphatic rings. The first-order valence-corrected chi connectivity index (χ1v) is 6.93. The van der Waals surface area contributed by atoms with Gasteiger partial charge in [0.15, 0.2) is 4.96 Å². The third-order valence-corrected chi connectivity index (χ3v) is 4.07. The minimum atomic E-state index is 0.553. The molecular formula is C11H10N4S2. The zero-order chi connectivity index (χ0) is 11.7. The molecule has 0 saturated carbocycles. The van der Waals surface area contributed by atoms with Gasteiger partial charge in [-0.1, -0.05) is 0 Å². The number of aromatic nitrogens is 3. The number of pyridine rings is 1. The van der Waals surface area contributed by atoms with Crippen molar-refractivity contribution in [1.82, 2.24) is 14.4 Å². The number of fused-ring (bicyclic) bond motifs is 1. The molecule has 86 valence electrons. The molecule has 0 amide bonds. The highest BCUT2D eigenvalue weighted by atomic mass is 32.2. The summed E-state index contributed by atoms with van der Waals surface area (Å²) in [6.07, 6.45) is 5.87. The number of hydrogen-bond acceptors (Lipinski definition) is 5. The van der Waals surface area contributed by atoms with Crippen LogP contribution in [-0.4, -0.2) is 14.4 Å². The predicted molar refractivity (Wildman–Crippen MR) is 71.3 cm³/mol. The number of nitrogen functional groups attached to an aromatic ring is 1. The van der Waals surface area contributed by atoms with Gasteiger partial charge >= 0.3 is 0 Å². The fourth-order valence-electron chi connectivity index (χ4n) is 1.48. The number of anilines is 1. The van der Waals surface area contributed by atoms with E-state index in [0.717, 1.165) is 21.3 Å². The second-order valence-electron chi connectivity index (χ2n) is 3.53. The molecule has 0 radical (unpaired) electrons. The Morgan fingerprint density at radius 1 is 1.41 bits per heavy atom. The van der Waals surface area contributed by atoms with E-state index < -0.39 is 0 Å².